The summed E-state index contributed by atoms with van der Waals surface area (Å²) < 4.78 is 0. The molecule has 0 aliphatic rings. The summed E-state index contributed by atoms with van der Waals surface area (Å²) in [5.41, 5.74) is 0.975. The summed E-state index contributed by atoms with van der Waals surface area (Å²) in [4.78, 5) is 8.02. The number of aromatic nitrogens is 2. The van der Waals surface area contributed by atoms with E-state index in [1.54, 1.807) is 18.6 Å². The van der Waals surface area contributed by atoms with Gasteiger partial charge in [-0.25, -0.2) is 0 Å². The van der Waals surface area contributed by atoms with Crippen molar-refractivity contribution in [1.29, 1.82) is 0 Å². The predicted octanol–water partition coefficient (Wildman–Crippen LogP) is 1.91. The molecule has 56 valence electrons. The van der Waals surface area contributed by atoms with Crippen LogP contribution in [0.25, 0.3) is 0 Å². The lowest BCUT2D eigenvalue weighted by Gasteiger charge is -1.79. The molecule has 0 aliphatic heterocycles. The van der Waals surface area contributed by atoms with Crippen LogP contribution in [-0.4, -0.2) is 9.97 Å². The normalized spacial score (nSPS) is 8.45. The number of hydrogen-bond acceptors (Lipinski definition) is 2. The van der Waals surface area contributed by atoms with Crippen molar-refractivity contribution in [1.82, 2.24) is 9.97 Å². The molecule has 0 N–H and O–H groups in total. The molecule has 0 atom stereocenters. The molecule has 2 nitrogen and oxygen atoms in total. The first kappa shape index (κ1) is 7.66. The van der Waals surface area contributed by atoms with Gasteiger partial charge in [-0.1, -0.05) is 12.1 Å². The van der Waals surface area contributed by atoms with Gasteiger partial charge in [-0.05, 0) is 19.1 Å². The number of nitrogens with zero attached hydrogens (tertiary/aromatic N) is 2. The molecule has 11 heavy (non-hydrogen) atoms. The quantitative estimate of drug-likeness (QED) is 0.558. The molecule has 1 heterocycles. The van der Waals surface area contributed by atoms with E-state index in [2.05, 4.69) is 9.97 Å². The van der Waals surface area contributed by atoms with Gasteiger partial charge < -0.3 is 0 Å². The molecule has 2 heteroatoms. The number of rotatable bonds is 0. The topological polar surface area (TPSA) is 25.8 Å². The Morgan fingerprint density at radius 3 is 2.82 bits per heavy atom. The minimum atomic E-state index is 0.975. The second-order valence-corrected chi connectivity index (χ2v) is 2.11. The van der Waals surface area contributed by atoms with Gasteiger partial charge >= 0.3 is 0 Å². The first-order valence-electron chi connectivity index (χ1n) is 3.45. The maximum absolute atomic E-state index is 4.09. The first-order valence-corrected chi connectivity index (χ1v) is 3.45. The Bertz CT molecular complexity index is 245. The lowest BCUT2D eigenvalue weighted by molar-refractivity contribution is 1.19. The maximum atomic E-state index is 4.09. The summed E-state index contributed by atoms with van der Waals surface area (Å²) in [5, 5.41) is 0. The van der Waals surface area contributed by atoms with Crippen LogP contribution >= 0.6 is 0 Å². The Kier molecular flexibility index (Phi) is 3.06. The summed E-state index contributed by atoms with van der Waals surface area (Å²) in [5.74, 6) is 0. The lowest BCUT2D eigenvalue weighted by Crippen LogP contribution is -1.71. The fourth-order valence-corrected chi connectivity index (χ4v) is 0.640. The number of aryl methyl sites for hydroxylation is 1. The van der Waals surface area contributed by atoms with Gasteiger partial charge in [0.15, 0.2) is 0 Å². The van der Waals surface area contributed by atoms with E-state index >= 15 is 0 Å². The van der Waals surface area contributed by atoms with Crippen molar-refractivity contribution in [2.24, 2.45) is 0 Å². The van der Waals surface area contributed by atoms with E-state index in [0.29, 0.717) is 0 Å². The third kappa shape index (κ3) is 3.30. The van der Waals surface area contributed by atoms with E-state index in [-0.39, 0.29) is 0 Å². The molecule has 0 bridgehead atoms. The third-order valence-corrected chi connectivity index (χ3v) is 1.16. The average molecular weight is 146 g/mol. The van der Waals surface area contributed by atoms with Crippen LogP contribution in [-0.2, 0) is 0 Å². The monoisotopic (exact) mass is 146 g/mol. The molecule has 0 fully saturated rings. The molecular weight excluding hydrogens is 136 g/mol. The van der Waals surface area contributed by atoms with Crippen LogP contribution in [0, 0.1) is 6.92 Å². The van der Waals surface area contributed by atoms with E-state index in [0.717, 1.165) is 5.69 Å². The molecule has 0 saturated heterocycles. The van der Waals surface area contributed by atoms with Crippen LogP contribution in [0.2, 0.25) is 0 Å². The molecule has 1 aromatic heterocycles. The van der Waals surface area contributed by atoms with E-state index in [4.69, 9.17) is 0 Å². The minimum Gasteiger partial charge on any atom is -0.263 e. The smallest absolute Gasteiger partial charge is 0.0454 e. The van der Waals surface area contributed by atoms with Gasteiger partial charge in [-0.2, -0.15) is 0 Å². The molecular formula is C9H10N2. The highest BCUT2D eigenvalue weighted by Crippen LogP contribution is 1.83. The van der Waals surface area contributed by atoms with Crippen LogP contribution in [0.3, 0.4) is 0 Å². The largest absolute Gasteiger partial charge is 0.263 e. The SMILES string of the molecule is Cc1cccccnccn1. The molecule has 0 radical (unpaired) electrons. The molecule has 0 saturated carbocycles. The Labute approximate surface area is 66.3 Å². The summed E-state index contributed by atoms with van der Waals surface area (Å²) in [7, 11) is 0. The van der Waals surface area contributed by atoms with Crippen LogP contribution in [0.15, 0.2) is 42.9 Å². The predicted molar refractivity (Wildman–Crippen MR) is 44.4 cm³/mol. The molecule has 0 unspecified atom stereocenters. The average Bonchev–Trinajstić information content (AvgIpc) is 2.03. The lowest BCUT2D eigenvalue weighted by atomic mass is 10.4. The van der Waals surface area contributed by atoms with Gasteiger partial charge in [0, 0.05) is 24.3 Å². The first-order chi connectivity index (χ1) is 5.39. The third-order valence-electron chi connectivity index (χ3n) is 1.16. The van der Waals surface area contributed by atoms with E-state index in [1.165, 1.54) is 0 Å². The van der Waals surface area contributed by atoms with Crippen molar-refractivity contribution in [3.05, 3.63) is 48.5 Å². The van der Waals surface area contributed by atoms with Gasteiger partial charge in [0.25, 0.3) is 0 Å². The summed E-state index contributed by atoms with van der Waals surface area (Å²) in [6.07, 6.45) is 5.05. The minimum absolute atomic E-state index is 0.975. The molecule has 0 aromatic carbocycles. The highest BCUT2D eigenvalue weighted by molar-refractivity contribution is 4.97. The van der Waals surface area contributed by atoms with Gasteiger partial charge in [0.2, 0.25) is 0 Å². The van der Waals surface area contributed by atoms with Crippen LogP contribution in [0.1, 0.15) is 5.69 Å². The van der Waals surface area contributed by atoms with Crippen molar-refractivity contribution >= 4 is 0 Å². The van der Waals surface area contributed by atoms with Gasteiger partial charge in [-0.15, -0.1) is 0 Å². The highest BCUT2D eigenvalue weighted by atomic mass is 14.7. The summed E-state index contributed by atoms with van der Waals surface area (Å²) in [6, 6.07) is 7.67. The maximum Gasteiger partial charge on any atom is 0.0454 e. The Morgan fingerprint density at radius 1 is 1.00 bits per heavy atom. The Morgan fingerprint density at radius 2 is 1.91 bits per heavy atom. The van der Waals surface area contributed by atoms with Crippen molar-refractivity contribution in [2.45, 2.75) is 6.92 Å². The van der Waals surface area contributed by atoms with Crippen molar-refractivity contribution < 1.29 is 0 Å². The van der Waals surface area contributed by atoms with Crippen LogP contribution in [0.4, 0.5) is 0 Å². The second-order valence-electron chi connectivity index (χ2n) is 2.11. The molecule has 1 aromatic rings. The Hall–Kier alpha value is -1.44. The summed E-state index contributed by atoms with van der Waals surface area (Å²) in [6.45, 7) is 1.94. The van der Waals surface area contributed by atoms with Gasteiger partial charge in [0.05, 0.1) is 0 Å². The molecule has 0 amide bonds. The van der Waals surface area contributed by atoms with E-state index < -0.39 is 0 Å². The fraction of sp³-hybridized carbons (Fsp3) is 0.111. The second kappa shape index (κ2) is 4.39. The Balaban J connectivity index is 3.11. The molecule has 1 rings (SSSR count). The van der Waals surface area contributed by atoms with Crippen molar-refractivity contribution in [3.8, 4) is 0 Å². The van der Waals surface area contributed by atoms with Crippen LogP contribution in [0.5, 0.6) is 0 Å². The van der Waals surface area contributed by atoms with Crippen molar-refractivity contribution in [2.75, 3.05) is 0 Å². The number of hydrogen-bond donors (Lipinski definition) is 0. The van der Waals surface area contributed by atoms with Gasteiger partial charge in [-0.3, -0.25) is 9.97 Å². The molecule has 0 aliphatic carbocycles. The van der Waals surface area contributed by atoms with E-state index in [9.17, 15) is 0 Å². The zero-order valence-corrected chi connectivity index (χ0v) is 6.44. The standard InChI is InChI=1S/C9H10N2/c1-9-5-3-2-4-6-10-7-8-11-9/h2-8H,1H3. The van der Waals surface area contributed by atoms with Gasteiger partial charge in [0.1, 0.15) is 0 Å². The van der Waals surface area contributed by atoms with E-state index in [1.807, 2.05) is 31.2 Å². The zero-order valence-electron chi connectivity index (χ0n) is 6.44. The fourth-order valence-electron chi connectivity index (χ4n) is 0.640. The molecule has 0 spiro atoms. The highest BCUT2D eigenvalue weighted by Gasteiger charge is 1.71. The summed E-state index contributed by atoms with van der Waals surface area (Å²) >= 11 is 0. The zero-order chi connectivity index (χ0) is 7.94. The van der Waals surface area contributed by atoms with Crippen LogP contribution < -0.4 is 0 Å². The van der Waals surface area contributed by atoms with Crippen molar-refractivity contribution in [3.63, 3.8) is 0 Å².